The molecule has 6 nitrogen and oxygen atoms in total. The van der Waals surface area contributed by atoms with E-state index >= 15 is 0 Å². The highest BCUT2D eigenvalue weighted by Crippen LogP contribution is 2.14. The average molecular weight is 280 g/mol. The first-order valence-corrected chi connectivity index (χ1v) is 6.32. The molecule has 104 valence electrons. The molecular weight excluding hydrogens is 268 g/mol. The lowest BCUT2D eigenvalue weighted by Gasteiger charge is -2.01. The van der Waals surface area contributed by atoms with Crippen molar-refractivity contribution in [2.75, 3.05) is 5.32 Å². The van der Waals surface area contributed by atoms with Crippen molar-refractivity contribution in [2.45, 2.75) is 0 Å². The summed E-state index contributed by atoms with van der Waals surface area (Å²) < 4.78 is 0. The molecule has 1 amide bonds. The molecule has 0 saturated carbocycles. The van der Waals surface area contributed by atoms with Crippen molar-refractivity contribution in [1.29, 1.82) is 0 Å². The van der Waals surface area contributed by atoms with Gasteiger partial charge in [-0.3, -0.25) is 9.78 Å². The molecule has 3 aromatic rings. The second-order valence-electron chi connectivity index (χ2n) is 4.44. The minimum atomic E-state index is -0.272. The van der Waals surface area contributed by atoms with Crippen LogP contribution in [0.4, 0.5) is 5.69 Å². The Kier molecular flexibility index (Phi) is 3.34. The van der Waals surface area contributed by atoms with Crippen molar-refractivity contribution in [3.8, 4) is 0 Å². The Morgan fingerprint density at radius 3 is 2.67 bits per heavy atom. The number of fused-ring (bicyclic) bond motifs is 1. The van der Waals surface area contributed by atoms with Crippen molar-refractivity contribution in [1.82, 2.24) is 15.0 Å². The third-order valence-corrected chi connectivity index (χ3v) is 2.92. The summed E-state index contributed by atoms with van der Waals surface area (Å²) >= 11 is 0. The largest absolute Gasteiger partial charge is 0.323 e. The van der Waals surface area contributed by atoms with Crippen LogP contribution in [0, 0.1) is 0 Å². The lowest BCUT2D eigenvalue weighted by molar-refractivity contribution is -0.111. The number of amides is 1. The lowest BCUT2D eigenvalue weighted by Crippen LogP contribution is -2.07. The molecule has 0 aliphatic heterocycles. The number of rotatable bonds is 3. The number of hydrogen-bond acceptors (Lipinski definition) is 3. The molecule has 21 heavy (non-hydrogen) atoms. The van der Waals surface area contributed by atoms with Crippen LogP contribution in [0.5, 0.6) is 0 Å². The molecular formula is C15H12N4O2. The van der Waals surface area contributed by atoms with E-state index in [1.807, 2.05) is 0 Å². The maximum atomic E-state index is 11.8. The third-order valence-electron chi connectivity index (χ3n) is 2.92. The molecule has 0 spiro atoms. The fourth-order valence-electron chi connectivity index (χ4n) is 1.94. The number of aromatic amines is 2. The Labute approximate surface area is 119 Å². The van der Waals surface area contributed by atoms with Crippen LogP contribution in [0.1, 0.15) is 5.56 Å². The normalized spacial score (nSPS) is 11.0. The van der Waals surface area contributed by atoms with E-state index in [1.165, 1.54) is 6.08 Å². The van der Waals surface area contributed by atoms with Crippen molar-refractivity contribution >= 4 is 28.7 Å². The van der Waals surface area contributed by atoms with Gasteiger partial charge in [-0.25, -0.2) is 4.79 Å². The van der Waals surface area contributed by atoms with Gasteiger partial charge in [-0.15, -0.1) is 0 Å². The fraction of sp³-hybridized carbons (Fsp3) is 0. The van der Waals surface area contributed by atoms with E-state index in [1.54, 1.807) is 48.8 Å². The zero-order chi connectivity index (χ0) is 14.7. The first-order chi connectivity index (χ1) is 10.2. The van der Waals surface area contributed by atoms with E-state index in [4.69, 9.17) is 0 Å². The Bertz CT molecular complexity index is 862. The lowest BCUT2D eigenvalue weighted by atomic mass is 10.2. The highest BCUT2D eigenvalue weighted by atomic mass is 16.1. The minimum Gasteiger partial charge on any atom is -0.322 e. The maximum Gasteiger partial charge on any atom is 0.323 e. The summed E-state index contributed by atoms with van der Waals surface area (Å²) in [4.78, 5) is 32.2. The van der Waals surface area contributed by atoms with Gasteiger partial charge in [0.1, 0.15) is 0 Å². The number of aromatic nitrogens is 3. The number of carbonyl (C=O) groups excluding carboxylic acids is 1. The van der Waals surface area contributed by atoms with Crippen LogP contribution >= 0.6 is 0 Å². The summed E-state index contributed by atoms with van der Waals surface area (Å²) in [7, 11) is 0. The smallest absolute Gasteiger partial charge is 0.322 e. The molecule has 6 heteroatoms. The Hall–Kier alpha value is -3.15. The quantitative estimate of drug-likeness (QED) is 0.640. The Balaban J connectivity index is 1.74. The van der Waals surface area contributed by atoms with Crippen LogP contribution in [-0.2, 0) is 4.79 Å². The number of pyridine rings is 1. The summed E-state index contributed by atoms with van der Waals surface area (Å²) in [5, 5.41) is 2.74. The molecule has 0 aliphatic rings. The van der Waals surface area contributed by atoms with Gasteiger partial charge in [0.25, 0.3) is 0 Å². The van der Waals surface area contributed by atoms with Gasteiger partial charge < -0.3 is 15.3 Å². The molecule has 3 N–H and O–H groups in total. The standard InChI is InChI=1S/C15H12N4O2/c20-14(4-1-10-5-7-16-8-6-10)17-11-2-3-12-13(9-11)19-15(21)18-12/h1-9H,(H,17,20)(H2,18,19,21)/b4-1+. The van der Waals surface area contributed by atoms with Gasteiger partial charge >= 0.3 is 5.69 Å². The monoisotopic (exact) mass is 280 g/mol. The number of hydrogen-bond donors (Lipinski definition) is 3. The van der Waals surface area contributed by atoms with Crippen molar-refractivity contribution < 1.29 is 4.79 Å². The van der Waals surface area contributed by atoms with E-state index in [0.717, 1.165) is 5.56 Å². The Morgan fingerprint density at radius 2 is 1.86 bits per heavy atom. The summed E-state index contributed by atoms with van der Waals surface area (Å²) in [5.41, 5.74) is 2.58. The summed E-state index contributed by atoms with van der Waals surface area (Å²) in [6.45, 7) is 0. The van der Waals surface area contributed by atoms with Crippen LogP contribution in [0.15, 0.2) is 53.6 Å². The molecule has 0 fully saturated rings. The number of imidazole rings is 1. The molecule has 2 aromatic heterocycles. The highest BCUT2D eigenvalue weighted by Gasteiger charge is 2.02. The fourth-order valence-corrected chi connectivity index (χ4v) is 1.94. The summed E-state index contributed by atoms with van der Waals surface area (Å²) in [6, 6.07) is 8.77. The predicted octanol–water partition coefficient (Wildman–Crippen LogP) is 1.90. The van der Waals surface area contributed by atoms with E-state index in [-0.39, 0.29) is 11.6 Å². The molecule has 0 unspecified atom stereocenters. The number of anilines is 1. The van der Waals surface area contributed by atoms with Gasteiger partial charge in [-0.1, -0.05) is 0 Å². The number of nitrogens with zero attached hydrogens (tertiary/aromatic N) is 1. The van der Waals surface area contributed by atoms with E-state index in [9.17, 15) is 9.59 Å². The van der Waals surface area contributed by atoms with Crippen LogP contribution in [-0.4, -0.2) is 20.9 Å². The minimum absolute atomic E-state index is 0.246. The van der Waals surface area contributed by atoms with Crippen molar-refractivity contribution in [2.24, 2.45) is 0 Å². The van der Waals surface area contributed by atoms with Crippen LogP contribution in [0.2, 0.25) is 0 Å². The van der Waals surface area contributed by atoms with Crippen molar-refractivity contribution in [3.05, 3.63) is 64.8 Å². The average Bonchev–Trinajstić information content (AvgIpc) is 2.85. The van der Waals surface area contributed by atoms with Gasteiger partial charge in [0.15, 0.2) is 0 Å². The van der Waals surface area contributed by atoms with Gasteiger partial charge in [0.2, 0.25) is 5.91 Å². The molecule has 0 bridgehead atoms. The second kappa shape index (κ2) is 5.46. The first kappa shape index (κ1) is 12.9. The molecule has 0 saturated heterocycles. The summed E-state index contributed by atoms with van der Waals surface area (Å²) in [5.74, 6) is -0.246. The van der Waals surface area contributed by atoms with Crippen LogP contribution < -0.4 is 11.0 Å². The number of nitrogens with one attached hydrogen (secondary N) is 3. The van der Waals surface area contributed by atoms with Crippen molar-refractivity contribution in [3.63, 3.8) is 0 Å². The highest BCUT2D eigenvalue weighted by molar-refractivity contribution is 6.02. The number of benzene rings is 1. The molecule has 0 radical (unpaired) electrons. The maximum absolute atomic E-state index is 11.8. The molecule has 0 aliphatic carbocycles. The molecule has 2 heterocycles. The topological polar surface area (TPSA) is 90.6 Å². The number of carbonyl (C=O) groups is 1. The van der Waals surface area contributed by atoms with Gasteiger partial charge in [0, 0.05) is 24.2 Å². The molecule has 1 aromatic carbocycles. The van der Waals surface area contributed by atoms with E-state index in [0.29, 0.717) is 16.7 Å². The summed E-state index contributed by atoms with van der Waals surface area (Å²) in [6.07, 6.45) is 6.47. The van der Waals surface area contributed by atoms with Crippen LogP contribution in [0.25, 0.3) is 17.1 Å². The second-order valence-corrected chi connectivity index (χ2v) is 4.44. The Morgan fingerprint density at radius 1 is 1.10 bits per heavy atom. The zero-order valence-corrected chi connectivity index (χ0v) is 11.0. The van der Waals surface area contributed by atoms with Gasteiger partial charge in [0.05, 0.1) is 11.0 Å². The van der Waals surface area contributed by atoms with Gasteiger partial charge in [-0.2, -0.15) is 0 Å². The van der Waals surface area contributed by atoms with E-state index in [2.05, 4.69) is 20.3 Å². The molecule has 3 rings (SSSR count). The predicted molar refractivity (Wildman–Crippen MR) is 80.8 cm³/mol. The van der Waals surface area contributed by atoms with Gasteiger partial charge in [-0.05, 0) is 42.0 Å². The van der Waals surface area contributed by atoms with Crippen LogP contribution in [0.3, 0.4) is 0 Å². The van der Waals surface area contributed by atoms with E-state index < -0.39 is 0 Å². The SMILES string of the molecule is O=C(/C=C/c1ccncc1)Nc1ccc2[nH]c(=O)[nH]c2c1. The number of H-pyrrole nitrogens is 2. The molecule has 0 atom stereocenters. The first-order valence-electron chi connectivity index (χ1n) is 6.32. The zero-order valence-electron chi connectivity index (χ0n) is 11.0. The third kappa shape index (κ3) is 3.06.